The molecule has 1 aromatic rings. The van der Waals surface area contributed by atoms with Gasteiger partial charge >= 0.3 is 6.09 Å². The summed E-state index contributed by atoms with van der Waals surface area (Å²) in [5, 5.41) is 0. The van der Waals surface area contributed by atoms with Crippen LogP contribution in [0.1, 0.15) is 105 Å². The van der Waals surface area contributed by atoms with Crippen LogP contribution in [0.4, 0.5) is 4.79 Å². The highest BCUT2D eigenvalue weighted by molar-refractivity contribution is 5.70. The Bertz CT molecular complexity index is 920. The Morgan fingerprint density at radius 3 is 2.69 bits per heavy atom. The predicted octanol–water partition coefficient (Wildman–Crippen LogP) is 8.28. The Hall–Kier alpha value is -1.58. The van der Waals surface area contributed by atoms with E-state index in [0.717, 1.165) is 54.8 Å². The van der Waals surface area contributed by atoms with Crippen LogP contribution in [0.2, 0.25) is 0 Å². The Kier molecular flexibility index (Phi) is 6.96. The Balaban J connectivity index is 1.26. The molecule has 35 heavy (non-hydrogen) atoms. The molecular formula is C31H48N2O2. The minimum atomic E-state index is -0.293. The molecule has 3 fully saturated rings. The van der Waals surface area contributed by atoms with Crippen LogP contribution >= 0.6 is 0 Å². The number of carbonyl (C=O) groups is 1. The minimum Gasteiger partial charge on any atom is -0.445 e. The summed E-state index contributed by atoms with van der Waals surface area (Å²) in [6.45, 7) is 12.5. The first kappa shape index (κ1) is 25.1. The molecule has 194 valence electrons. The van der Waals surface area contributed by atoms with E-state index in [-0.39, 0.29) is 12.2 Å². The van der Waals surface area contributed by atoms with Gasteiger partial charge in [-0.25, -0.2) is 14.3 Å². The van der Waals surface area contributed by atoms with Crippen molar-refractivity contribution in [2.75, 3.05) is 0 Å². The minimum absolute atomic E-state index is 0.00261. The van der Waals surface area contributed by atoms with Gasteiger partial charge in [0.05, 0.1) is 0 Å². The lowest BCUT2D eigenvalue weighted by molar-refractivity contribution is -0.0581. The molecule has 0 bridgehead atoms. The van der Waals surface area contributed by atoms with Crippen LogP contribution in [0.15, 0.2) is 30.4 Å². The van der Waals surface area contributed by atoms with Crippen molar-refractivity contribution in [3.8, 4) is 0 Å². The van der Waals surface area contributed by atoms with Crippen LogP contribution < -0.4 is 0 Å². The third-order valence-corrected chi connectivity index (χ3v) is 11.2. The molecule has 0 aliphatic heterocycles. The topological polar surface area (TPSA) is 44.1 Å². The van der Waals surface area contributed by atoms with Gasteiger partial charge in [0.25, 0.3) is 0 Å². The van der Waals surface area contributed by atoms with Crippen LogP contribution in [0.3, 0.4) is 0 Å². The van der Waals surface area contributed by atoms with Crippen molar-refractivity contribution < 1.29 is 9.53 Å². The van der Waals surface area contributed by atoms with E-state index in [1.165, 1.54) is 62.3 Å². The third-order valence-electron chi connectivity index (χ3n) is 11.2. The number of aromatic nitrogens is 2. The fraction of sp³-hybridized carbons (Fsp3) is 0.806. The summed E-state index contributed by atoms with van der Waals surface area (Å²) in [5.41, 5.74) is 2.41. The third kappa shape index (κ3) is 4.53. The van der Waals surface area contributed by atoms with Gasteiger partial charge in [-0.05, 0) is 91.3 Å². The fourth-order valence-electron chi connectivity index (χ4n) is 9.32. The first-order valence-corrected chi connectivity index (χ1v) is 14.6. The zero-order chi connectivity index (χ0) is 24.8. The first-order valence-electron chi connectivity index (χ1n) is 14.6. The number of hydrogen-bond donors (Lipinski definition) is 0. The molecule has 4 aliphatic rings. The molecule has 1 heterocycles. The van der Waals surface area contributed by atoms with Crippen molar-refractivity contribution in [1.82, 2.24) is 9.55 Å². The van der Waals surface area contributed by atoms with Gasteiger partial charge in [-0.15, -0.1) is 0 Å². The SMILES string of the molecule is CC(C)CCCC(C)[C@H]1CC[C@H]2[C@@H]3CC=C4C[C@@H](OC(=O)n5ccnc5)CC[C@]4(C)[C@H]3CC[C@]12C. The molecule has 0 radical (unpaired) electrons. The maximum Gasteiger partial charge on any atom is 0.419 e. The fourth-order valence-corrected chi connectivity index (χ4v) is 9.32. The van der Waals surface area contributed by atoms with Gasteiger partial charge in [0.1, 0.15) is 12.4 Å². The Labute approximate surface area is 213 Å². The second kappa shape index (κ2) is 9.71. The molecule has 4 heteroatoms. The summed E-state index contributed by atoms with van der Waals surface area (Å²) in [5.74, 6) is 5.16. The molecule has 4 nitrogen and oxygen atoms in total. The van der Waals surface area contributed by atoms with Gasteiger partial charge in [0, 0.05) is 18.8 Å². The molecular weight excluding hydrogens is 432 g/mol. The van der Waals surface area contributed by atoms with Gasteiger partial charge in [-0.1, -0.05) is 65.5 Å². The van der Waals surface area contributed by atoms with Crippen LogP contribution in [-0.4, -0.2) is 21.7 Å². The van der Waals surface area contributed by atoms with Crippen LogP contribution in [-0.2, 0) is 4.74 Å². The highest BCUT2D eigenvalue weighted by atomic mass is 16.6. The summed E-state index contributed by atoms with van der Waals surface area (Å²) in [4.78, 5) is 16.4. The summed E-state index contributed by atoms with van der Waals surface area (Å²) < 4.78 is 7.33. The monoisotopic (exact) mass is 480 g/mol. The number of rotatable bonds is 6. The molecule has 5 rings (SSSR count). The zero-order valence-corrected chi connectivity index (χ0v) is 22.8. The van der Waals surface area contributed by atoms with E-state index in [1.807, 2.05) is 0 Å². The van der Waals surface area contributed by atoms with Crippen molar-refractivity contribution in [3.05, 3.63) is 30.4 Å². The summed E-state index contributed by atoms with van der Waals surface area (Å²) in [6, 6.07) is 0. The molecule has 3 saturated carbocycles. The number of fused-ring (bicyclic) bond motifs is 5. The first-order chi connectivity index (χ1) is 16.7. The van der Waals surface area contributed by atoms with Gasteiger partial charge in [0.15, 0.2) is 0 Å². The van der Waals surface area contributed by atoms with E-state index < -0.39 is 0 Å². The summed E-state index contributed by atoms with van der Waals surface area (Å²) >= 11 is 0. The van der Waals surface area contributed by atoms with Gasteiger partial charge in [0.2, 0.25) is 0 Å². The Morgan fingerprint density at radius 2 is 1.94 bits per heavy atom. The van der Waals surface area contributed by atoms with Crippen molar-refractivity contribution in [2.45, 2.75) is 111 Å². The summed E-state index contributed by atoms with van der Waals surface area (Å²) in [7, 11) is 0. The van der Waals surface area contributed by atoms with E-state index in [9.17, 15) is 4.79 Å². The second-order valence-corrected chi connectivity index (χ2v) is 13.5. The average molecular weight is 481 g/mol. The number of nitrogens with zero attached hydrogens (tertiary/aromatic N) is 2. The Morgan fingerprint density at radius 1 is 1.11 bits per heavy atom. The van der Waals surface area contributed by atoms with E-state index in [4.69, 9.17) is 4.74 Å². The number of ether oxygens (including phenoxy) is 1. The molecule has 0 aromatic carbocycles. The van der Waals surface area contributed by atoms with Gasteiger partial charge < -0.3 is 4.74 Å². The molecule has 1 aromatic heterocycles. The summed E-state index contributed by atoms with van der Waals surface area (Å²) in [6.07, 6.45) is 21.3. The zero-order valence-electron chi connectivity index (χ0n) is 22.8. The van der Waals surface area contributed by atoms with Crippen molar-refractivity contribution >= 4 is 6.09 Å². The maximum absolute atomic E-state index is 12.5. The predicted molar refractivity (Wildman–Crippen MR) is 141 cm³/mol. The number of allylic oxidation sites excluding steroid dienone is 1. The number of carbonyl (C=O) groups excluding carboxylic acids is 1. The van der Waals surface area contributed by atoms with E-state index in [0.29, 0.717) is 10.8 Å². The van der Waals surface area contributed by atoms with Gasteiger partial charge in [-0.2, -0.15) is 0 Å². The smallest absolute Gasteiger partial charge is 0.419 e. The lowest BCUT2D eigenvalue weighted by Gasteiger charge is -2.58. The van der Waals surface area contributed by atoms with Crippen molar-refractivity contribution in [3.63, 3.8) is 0 Å². The van der Waals surface area contributed by atoms with Crippen molar-refractivity contribution in [2.24, 2.45) is 46.3 Å². The molecule has 1 unspecified atom stereocenters. The van der Waals surface area contributed by atoms with Crippen LogP contribution in [0, 0.1) is 46.3 Å². The molecule has 0 spiro atoms. The van der Waals surface area contributed by atoms with Crippen molar-refractivity contribution in [1.29, 1.82) is 0 Å². The number of hydrogen-bond acceptors (Lipinski definition) is 3. The second-order valence-electron chi connectivity index (χ2n) is 13.5. The largest absolute Gasteiger partial charge is 0.445 e. The molecule has 8 atom stereocenters. The highest BCUT2D eigenvalue weighted by Crippen LogP contribution is 2.67. The molecule has 0 amide bonds. The maximum atomic E-state index is 12.5. The normalized spacial score (nSPS) is 39.4. The average Bonchev–Trinajstić information content (AvgIpc) is 3.47. The molecule has 0 N–H and O–H groups in total. The van der Waals surface area contributed by atoms with Gasteiger partial charge in [-0.3, -0.25) is 0 Å². The lowest BCUT2D eigenvalue weighted by Crippen LogP contribution is -2.51. The molecule has 4 aliphatic carbocycles. The van der Waals surface area contributed by atoms with E-state index in [1.54, 1.807) is 18.0 Å². The highest BCUT2D eigenvalue weighted by Gasteiger charge is 2.59. The van der Waals surface area contributed by atoms with Crippen LogP contribution in [0.25, 0.3) is 0 Å². The number of imidazole rings is 1. The lowest BCUT2D eigenvalue weighted by atomic mass is 9.47. The quantitative estimate of drug-likeness (QED) is 0.385. The van der Waals surface area contributed by atoms with Crippen LogP contribution in [0.5, 0.6) is 0 Å². The van der Waals surface area contributed by atoms with E-state index in [2.05, 4.69) is 45.7 Å². The van der Waals surface area contributed by atoms with E-state index >= 15 is 0 Å². The standard InChI is InChI=1S/C31H48N2O2/c1-21(2)7-6-8-22(3)26-11-12-27-25-10-9-23-19-24(35-29(34)33-18-17-32-20-33)13-15-30(23,4)28(25)14-16-31(26,27)5/h9,17-18,20-22,24-28H,6-8,10-16,19H2,1-5H3/t22?,24-,25-,26+,27-,28-,30-,31+/m0/s1. The molecule has 0 saturated heterocycles.